The molecule has 0 amide bonds. The number of phenolic OH excluding ortho intramolecular Hbond substituents is 1. The lowest BCUT2D eigenvalue weighted by molar-refractivity contribution is 0.151. The van der Waals surface area contributed by atoms with Crippen LogP contribution >= 0.6 is 0 Å². The molecule has 0 bridgehead atoms. The SMILES string of the molecule is Nc1ncnc2c(-c3cccc(C(F)F)c3)c(O)ccc12. The maximum Gasteiger partial charge on any atom is 0.263 e. The van der Waals surface area contributed by atoms with E-state index in [-0.39, 0.29) is 17.1 Å². The first kappa shape index (κ1) is 13.2. The van der Waals surface area contributed by atoms with Crippen LogP contribution in [0.25, 0.3) is 22.0 Å². The van der Waals surface area contributed by atoms with E-state index >= 15 is 0 Å². The quantitative estimate of drug-likeness (QED) is 0.756. The maximum absolute atomic E-state index is 12.8. The number of hydrogen-bond acceptors (Lipinski definition) is 4. The average Bonchev–Trinajstić information content (AvgIpc) is 2.47. The summed E-state index contributed by atoms with van der Waals surface area (Å²) >= 11 is 0. The standard InChI is InChI=1S/C15H11F2N3O/c16-14(17)9-3-1-2-8(6-9)12-11(21)5-4-10-13(12)19-7-20-15(10)18/h1-7,14,21H,(H2,18,19,20). The van der Waals surface area contributed by atoms with Crippen LogP contribution in [0.2, 0.25) is 0 Å². The molecule has 0 aliphatic carbocycles. The van der Waals surface area contributed by atoms with Crippen molar-refractivity contribution >= 4 is 16.7 Å². The summed E-state index contributed by atoms with van der Waals surface area (Å²) < 4.78 is 25.7. The van der Waals surface area contributed by atoms with Crippen LogP contribution in [-0.4, -0.2) is 15.1 Å². The highest BCUT2D eigenvalue weighted by Gasteiger charge is 2.15. The Morgan fingerprint density at radius 2 is 1.90 bits per heavy atom. The van der Waals surface area contributed by atoms with Crippen molar-refractivity contribution in [2.24, 2.45) is 0 Å². The topological polar surface area (TPSA) is 72.0 Å². The van der Waals surface area contributed by atoms with Crippen molar-refractivity contribution in [3.63, 3.8) is 0 Å². The van der Waals surface area contributed by atoms with Gasteiger partial charge >= 0.3 is 0 Å². The number of hydrogen-bond donors (Lipinski definition) is 2. The van der Waals surface area contributed by atoms with Crippen molar-refractivity contribution in [2.45, 2.75) is 6.43 Å². The fraction of sp³-hybridized carbons (Fsp3) is 0.0667. The van der Waals surface area contributed by atoms with E-state index < -0.39 is 6.43 Å². The predicted molar refractivity (Wildman–Crippen MR) is 76.0 cm³/mol. The van der Waals surface area contributed by atoms with Gasteiger partial charge in [-0.25, -0.2) is 18.7 Å². The Bertz CT molecular complexity index is 821. The van der Waals surface area contributed by atoms with E-state index in [1.54, 1.807) is 12.1 Å². The number of nitrogen functional groups attached to an aromatic ring is 1. The lowest BCUT2D eigenvalue weighted by atomic mass is 9.99. The van der Waals surface area contributed by atoms with Crippen molar-refractivity contribution in [1.29, 1.82) is 0 Å². The zero-order valence-corrected chi connectivity index (χ0v) is 10.8. The van der Waals surface area contributed by atoms with Crippen LogP contribution in [0.4, 0.5) is 14.6 Å². The first-order valence-electron chi connectivity index (χ1n) is 6.18. The summed E-state index contributed by atoms with van der Waals surface area (Å²) in [7, 11) is 0. The molecule has 3 aromatic rings. The first-order valence-corrected chi connectivity index (χ1v) is 6.18. The predicted octanol–water partition coefficient (Wildman–Crippen LogP) is 3.52. The Morgan fingerprint density at radius 1 is 1.10 bits per heavy atom. The van der Waals surface area contributed by atoms with Crippen LogP contribution in [0.1, 0.15) is 12.0 Å². The molecule has 6 heteroatoms. The van der Waals surface area contributed by atoms with Crippen molar-refractivity contribution in [2.75, 3.05) is 5.73 Å². The molecular formula is C15H11F2N3O. The minimum absolute atomic E-state index is 0.0491. The van der Waals surface area contributed by atoms with E-state index in [9.17, 15) is 13.9 Å². The molecule has 3 N–H and O–H groups in total. The fourth-order valence-corrected chi connectivity index (χ4v) is 2.25. The molecule has 0 fully saturated rings. The molecule has 0 atom stereocenters. The van der Waals surface area contributed by atoms with E-state index in [1.165, 1.54) is 30.6 Å². The van der Waals surface area contributed by atoms with E-state index in [4.69, 9.17) is 5.73 Å². The molecule has 21 heavy (non-hydrogen) atoms. The van der Waals surface area contributed by atoms with Gasteiger partial charge in [0.1, 0.15) is 17.9 Å². The second-order valence-corrected chi connectivity index (χ2v) is 4.54. The van der Waals surface area contributed by atoms with Crippen LogP contribution in [0, 0.1) is 0 Å². The summed E-state index contributed by atoms with van der Waals surface area (Å²) in [6.07, 6.45) is -1.31. The molecule has 0 saturated carbocycles. The molecule has 0 radical (unpaired) electrons. The van der Waals surface area contributed by atoms with Gasteiger partial charge in [-0.15, -0.1) is 0 Å². The summed E-state index contributed by atoms with van der Waals surface area (Å²) in [5.74, 6) is 0.221. The number of aromatic nitrogens is 2. The van der Waals surface area contributed by atoms with Gasteiger partial charge in [0.2, 0.25) is 0 Å². The Balaban J connectivity index is 2.32. The second kappa shape index (κ2) is 4.97. The Kier molecular flexibility index (Phi) is 3.13. The van der Waals surface area contributed by atoms with Crippen molar-refractivity contribution < 1.29 is 13.9 Å². The third-order valence-corrected chi connectivity index (χ3v) is 3.24. The molecule has 0 aliphatic heterocycles. The zero-order valence-electron chi connectivity index (χ0n) is 10.8. The molecule has 2 aromatic carbocycles. The van der Waals surface area contributed by atoms with Crippen LogP contribution in [0.3, 0.4) is 0 Å². The van der Waals surface area contributed by atoms with E-state index in [0.717, 1.165) is 0 Å². The summed E-state index contributed by atoms with van der Waals surface area (Å²) in [4.78, 5) is 8.00. The average molecular weight is 287 g/mol. The van der Waals surface area contributed by atoms with Crippen molar-refractivity contribution in [1.82, 2.24) is 9.97 Å². The highest BCUT2D eigenvalue weighted by molar-refractivity contribution is 6.00. The van der Waals surface area contributed by atoms with Crippen LogP contribution in [0.15, 0.2) is 42.7 Å². The molecule has 0 saturated heterocycles. The highest BCUT2D eigenvalue weighted by atomic mass is 19.3. The number of benzene rings is 2. The van der Waals surface area contributed by atoms with Gasteiger partial charge in [0.15, 0.2) is 0 Å². The van der Waals surface area contributed by atoms with E-state index in [2.05, 4.69) is 9.97 Å². The summed E-state index contributed by atoms with van der Waals surface area (Å²) in [6.45, 7) is 0. The van der Waals surface area contributed by atoms with Gasteiger partial charge in [0, 0.05) is 10.9 Å². The Hall–Kier alpha value is -2.76. The molecule has 0 spiro atoms. The number of fused-ring (bicyclic) bond motifs is 1. The molecule has 3 rings (SSSR count). The molecule has 0 aliphatic rings. The molecule has 106 valence electrons. The number of phenols is 1. The Morgan fingerprint density at radius 3 is 2.67 bits per heavy atom. The number of rotatable bonds is 2. The van der Waals surface area contributed by atoms with Gasteiger partial charge in [-0.05, 0) is 23.8 Å². The number of aromatic hydroxyl groups is 1. The van der Waals surface area contributed by atoms with Gasteiger partial charge in [-0.2, -0.15) is 0 Å². The number of alkyl halides is 2. The number of anilines is 1. The highest BCUT2D eigenvalue weighted by Crippen LogP contribution is 2.37. The summed E-state index contributed by atoms with van der Waals surface area (Å²) in [5, 5.41) is 10.7. The summed E-state index contributed by atoms with van der Waals surface area (Å²) in [6, 6.07) is 8.86. The van der Waals surface area contributed by atoms with E-state index in [0.29, 0.717) is 22.0 Å². The molecule has 4 nitrogen and oxygen atoms in total. The van der Waals surface area contributed by atoms with E-state index in [1.807, 2.05) is 0 Å². The zero-order chi connectivity index (χ0) is 15.0. The number of nitrogens with two attached hydrogens (primary N) is 1. The van der Waals surface area contributed by atoms with Crippen LogP contribution in [0.5, 0.6) is 5.75 Å². The normalized spacial score (nSPS) is 11.2. The first-order chi connectivity index (χ1) is 10.1. The Labute approximate surface area is 118 Å². The monoisotopic (exact) mass is 287 g/mol. The fourth-order valence-electron chi connectivity index (χ4n) is 2.25. The molecule has 1 heterocycles. The smallest absolute Gasteiger partial charge is 0.263 e. The number of halogens is 2. The molecule has 0 unspecified atom stereocenters. The third-order valence-electron chi connectivity index (χ3n) is 3.24. The van der Waals surface area contributed by atoms with Crippen molar-refractivity contribution in [3.05, 3.63) is 48.3 Å². The largest absolute Gasteiger partial charge is 0.507 e. The van der Waals surface area contributed by atoms with Gasteiger partial charge < -0.3 is 10.8 Å². The van der Waals surface area contributed by atoms with Crippen LogP contribution < -0.4 is 5.73 Å². The molecule has 1 aromatic heterocycles. The van der Waals surface area contributed by atoms with Crippen molar-refractivity contribution in [3.8, 4) is 16.9 Å². The minimum Gasteiger partial charge on any atom is -0.507 e. The van der Waals surface area contributed by atoms with Gasteiger partial charge in [0.25, 0.3) is 6.43 Å². The lowest BCUT2D eigenvalue weighted by Crippen LogP contribution is -1.95. The maximum atomic E-state index is 12.8. The van der Waals surface area contributed by atoms with Crippen LogP contribution in [-0.2, 0) is 0 Å². The van der Waals surface area contributed by atoms with Gasteiger partial charge in [0.05, 0.1) is 11.1 Å². The second-order valence-electron chi connectivity index (χ2n) is 4.54. The van der Waals surface area contributed by atoms with Gasteiger partial charge in [-0.1, -0.05) is 18.2 Å². The molecular weight excluding hydrogens is 276 g/mol. The number of nitrogens with zero attached hydrogens (tertiary/aromatic N) is 2. The lowest BCUT2D eigenvalue weighted by Gasteiger charge is -2.10. The third kappa shape index (κ3) is 2.24. The minimum atomic E-state index is -2.58. The van der Waals surface area contributed by atoms with Gasteiger partial charge in [-0.3, -0.25) is 0 Å². The summed E-state index contributed by atoms with van der Waals surface area (Å²) in [5.41, 5.74) is 6.90.